The lowest BCUT2D eigenvalue weighted by Gasteiger charge is -2.40. The van der Waals surface area contributed by atoms with Gasteiger partial charge in [-0.3, -0.25) is 0 Å². The van der Waals surface area contributed by atoms with E-state index in [1.54, 1.807) is 25.3 Å². The van der Waals surface area contributed by atoms with Crippen molar-refractivity contribution in [3.05, 3.63) is 64.7 Å². The largest absolute Gasteiger partial charge is 0.497 e. The van der Waals surface area contributed by atoms with Crippen molar-refractivity contribution in [1.82, 2.24) is 0 Å². The van der Waals surface area contributed by atoms with Crippen LogP contribution in [0.3, 0.4) is 0 Å². The molecule has 0 radical (unpaired) electrons. The zero-order valence-electron chi connectivity index (χ0n) is 15.4. The quantitative estimate of drug-likeness (QED) is 0.597. The lowest BCUT2D eigenvalue weighted by Crippen LogP contribution is -2.55. The Balaban J connectivity index is 1.90. The van der Waals surface area contributed by atoms with Gasteiger partial charge in [-0.2, -0.15) is 5.26 Å². The first-order valence-electron chi connectivity index (χ1n) is 8.94. The fourth-order valence-electron chi connectivity index (χ4n) is 3.39. The van der Waals surface area contributed by atoms with Crippen molar-refractivity contribution < 1.29 is 29.9 Å². The van der Waals surface area contributed by atoms with Gasteiger partial charge in [-0.1, -0.05) is 24.3 Å². The van der Waals surface area contributed by atoms with E-state index in [1.165, 1.54) is 0 Å². The van der Waals surface area contributed by atoms with Gasteiger partial charge in [-0.05, 0) is 41.3 Å². The molecule has 0 aromatic heterocycles. The number of aliphatic hydroxyl groups excluding tert-OH is 4. The molecule has 0 aliphatic carbocycles. The molecule has 0 amide bonds. The highest BCUT2D eigenvalue weighted by Gasteiger charge is 2.44. The molecule has 5 atom stereocenters. The maximum Gasteiger partial charge on any atom is 0.118 e. The molecule has 28 heavy (non-hydrogen) atoms. The van der Waals surface area contributed by atoms with Crippen LogP contribution in [0.1, 0.15) is 28.4 Å². The van der Waals surface area contributed by atoms with E-state index in [9.17, 15) is 25.7 Å². The maximum atomic E-state index is 10.3. The molecular formula is C21H23NO6. The molecule has 0 unspecified atom stereocenters. The van der Waals surface area contributed by atoms with E-state index in [1.807, 2.05) is 24.3 Å². The Morgan fingerprint density at radius 1 is 1.04 bits per heavy atom. The first-order valence-corrected chi connectivity index (χ1v) is 8.94. The summed E-state index contributed by atoms with van der Waals surface area (Å²) in [4.78, 5) is 0. The first kappa shape index (κ1) is 20.3. The molecular weight excluding hydrogens is 362 g/mol. The molecule has 1 aliphatic rings. The fraction of sp³-hybridized carbons (Fsp3) is 0.381. The van der Waals surface area contributed by atoms with E-state index in [0.29, 0.717) is 17.5 Å². The molecule has 1 saturated heterocycles. The molecule has 1 aliphatic heterocycles. The molecule has 1 heterocycles. The smallest absolute Gasteiger partial charge is 0.118 e. The van der Waals surface area contributed by atoms with Crippen molar-refractivity contribution in [3.63, 3.8) is 0 Å². The monoisotopic (exact) mass is 385 g/mol. The van der Waals surface area contributed by atoms with Crippen LogP contribution in [0.15, 0.2) is 42.5 Å². The minimum Gasteiger partial charge on any atom is -0.497 e. The van der Waals surface area contributed by atoms with Crippen LogP contribution in [-0.4, -0.2) is 58.6 Å². The summed E-state index contributed by atoms with van der Waals surface area (Å²) in [6, 6.07) is 14.7. The van der Waals surface area contributed by atoms with E-state index in [2.05, 4.69) is 6.07 Å². The van der Waals surface area contributed by atoms with Crippen molar-refractivity contribution in [2.24, 2.45) is 0 Å². The third-order valence-corrected chi connectivity index (χ3v) is 5.02. The second-order valence-electron chi connectivity index (χ2n) is 6.80. The first-order chi connectivity index (χ1) is 13.5. The van der Waals surface area contributed by atoms with E-state index in [-0.39, 0.29) is 0 Å². The van der Waals surface area contributed by atoms with Gasteiger partial charge >= 0.3 is 0 Å². The molecule has 1 fully saturated rings. The van der Waals surface area contributed by atoms with Crippen molar-refractivity contribution in [2.75, 3.05) is 13.7 Å². The number of aliphatic hydroxyl groups is 4. The summed E-state index contributed by atoms with van der Waals surface area (Å²) in [5.74, 6) is 0.735. The number of nitrogens with zero attached hydrogens (tertiary/aromatic N) is 1. The molecule has 7 heteroatoms. The summed E-state index contributed by atoms with van der Waals surface area (Å²) in [5.41, 5.74) is 2.76. The van der Waals surface area contributed by atoms with Crippen LogP contribution < -0.4 is 4.74 Å². The highest BCUT2D eigenvalue weighted by atomic mass is 16.5. The van der Waals surface area contributed by atoms with Crippen LogP contribution in [0.4, 0.5) is 0 Å². The topological polar surface area (TPSA) is 123 Å². The second-order valence-corrected chi connectivity index (χ2v) is 6.80. The minimum atomic E-state index is -1.45. The summed E-state index contributed by atoms with van der Waals surface area (Å²) in [7, 11) is 1.59. The number of benzene rings is 2. The number of ether oxygens (including phenoxy) is 2. The summed E-state index contributed by atoms with van der Waals surface area (Å²) >= 11 is 0. The molecule has 0 bridgehead atoms. The number of nitriles is 1. The van der Waals surface area contributed by atoms with Gasteiger partial charge in [0.05, 0.1) is 25.3 Å². The van der Waals surface area contributed by atoms with E-state index >= 15 is 0 Å². The Labute approximate surface area is 163 Å². The predicted molar refractivity (Wildman–Crippen MR) is 99.7 cm³/mol. The number of hydrogen-bond donors (Lipinski definition) is 4. The SMILES string of the molecule is COc1ccc(Cc2cc([C@@H]3O[C@H](CO)[C@@H](O)[C@H](O)[C@H]3O)ccc2C#N)cc1. The molecule has 0 saturated carbocycles. The Morgan fingerprint density at radius 2 is 1.75 bits per heavy atom. The molecule has 4 N–H and O–H groups in total. The highest BCUT2D eigenvalue weighted by molar-refractivity contribution is 5.44. The standard InChI is InChI=1S/C21H23NO6/c1-27-16-6-2-12(3-7-16)8-15-9-13(4-5-14(15)10-22)21-20(26)19(25)18(24)17(11-23)28-21/h2-7,9,17-21,23-26H,8,11H2,1H3/t17-,18-,19+,20-,21+/m1/s1. The van der Waals surface area contributed by atoms with E-state index in [0.717, 1.165) is 16.9 Å². The predicted octanol–water partition coefficient (Wildman–Crippen LogP) is 0.673. The zero-order chi connectivity index (χ0) is 20.3. The third kappa shape index (κ3) is 4.02. The number of rotatable bonds is 5. The van der Waals surface area contributed by atoms with E-state index < -0.39 is 37.1 Å². The van der Waals surface area contributed by atoms with Gasteiger partial charge in [-0.15, -0.1) is 0 Å². The number of methoxy groups -OCH3 is 1. The van der Waals surface area contributed by atoms with E-state index in [4.69, 9.17) is 9.47 Å². The lowest BCUT2D eigenvalue weighted by atomic mass is 9.89. The lowest BCUT2D eigenvalue weighted by molar-refractivity contribution is -0.231. The highest BCUT2D eigenvalue weighted by Crippen LogP contribution is 2.33. The van der Waals surface area contributed by atoms with Crippen LogP contribution >= 0.6 is 0 Å². The maximum absolute atomic E-state index is 10.3. The van der Waals surface area contributed by atoms with Gasteiger partial charge in [0.15, 0.2) is 0 Å². The van der Waals surface area contributed by atoms with Crippen LogP contribution in [-0.2, 0) is 11.2 Å². The van der Waals surface area contributed by atoms with Crippen molar-refractivity contribution in [2.45, 2.75) is 36.9 Å². The Morgan fingerprint density at radius 3 is 2.36 bits per heavy atom. The van der Waals surface area contributed by atoms with Crippen molar-refractivity contribution >= 4 is 0 Å². The normalized spacial score (nSPS) is 27.2. The zero-order valence-corrected chi connectivity index (χ0v) is 15.4. The molecule has 148 valence electrons. The fourth-order valence-corrected chi connectivity index (χ4v) is 3.39. The Kier molecular flexibility index (Phi) is 6.29. The molecule has 0 spiro atoms. The van der Waals surface area contributed by atoms with Crippen LogP contribution in [0.2, 0.25) is 0 Å². The van der Waals surface area contributed by atoms with Crippen LogP contribution in [0.25, 0.3) is 0 Å². The van der Waals surface area contributed by atoms with Gasteiger partial charge in [-0.25, -0.2) is 0 Å². The summed E-state index contributed by atoms with van der Waals surface area (Å²) in [5, 5.41) is 49.1. The van der Waals surface area contributed by atoms with Crippen LogP contribution in [0.5, 0.6) is 5.75 Å². The van der Waals surface area contributed by atoms with Crippen LogP contribution in [0, 0.1) is 11.3 Å². The Bertz CT molecular complexity index is 845. The van der Waals surface area contributed by atoms with Gasteiger partial charge in [0.1, 0.15) is 36.3 Å². The average molecular weight is 385 g/mol. The molecule has 2 aromatic carbocycles. The van der Waals surface area contributed by atoms with Crippen molar-refractivity contribution in [1.29, 1.82) is 5.26 Å². The molecule has 7 nitrogen and oxygen atoms in total. The van der Waals surface area contributed by atoms with Gasteiger partial charge in [0.25, 0.3) is 0 Å². The minimum absolute atomic E-state index is 0.484. The average Bonchev–Trinajstić information content (AvgIpc) is 2.73. The van der Waals surface area contributed by atoms with Crippen molar-refractivity contribution in [3.8, 4) is 11.8 Å². The van der Waals surface area contributed by atoms with Gasteiger partial charge < -0.3 is 29.9 Å². The van der Waals surface area contributed by atoms with Gasteiger partial charge in [0.2, 0.25) is 0 Å². The van der Waals surface area contributed by atoms with Gasteiger partial charge in [0, 0.05) is 0 Å². The molecule has 3 rings (SSSR count). The summed E-state index contributed by atoms with van der Waals surface area (Å²) in [6.07, 6.45) is -5.65. The third-order valence-electron chi connectivity index (χ3n) is 5.02. The summed E-state index contributed by atoms with van der Waals surface area (Å²) in [6.45, 7) is -0.490. The molecule has 2 aromatic rings. The summed E-state index contributed by atoms with van der Waals surface area (Å²) < 4.78 is 10.8. The Hall–Kier alpha value is -2.47. The number of hydrogen-bond acceptors (Lipinski definition) is 7. The second kappa shape index (κ2) is 8.69.